The topological polar surface area (TPSA) is 84.7 Å². The zero-order valence-corrected chi connectivity index (χ0v) is 18.2. The number of carbonyl (C=O) groups excluding carboxylic acids is 1. The van der Waals surface area contributed by atoms with Crippen LogP contribution >= 0.6 is 11.6 Å². The highest BCUT2D eigenvalue weighted by Crippen LogP contribution is 2.37. The molecular formula is C24H18ClFN6O. The van der Waals surface area contributed by atoms with E-state index < -0.39 is 6.04 Å². The number of pyridine rings is 1. The van der Waals surface area contributed by atoms with E-state index in [0.717, 1.165) is 5.56 Å². The van der Waals surface area contributed by atoms with Gasteiger partial charge in [-0.1, -0.05) is 35.9 Å². The lowest BCUT2D eigenvalue weighted by molar-refractivity contribution is -0.113. The number of hydrogen-bond donors (Lipinski definition) is 2. The molecule has 0 fully saturated rings. The molecule has 33 heavy (non-hydrogen) atoms. The molecule has 1 aliphatic rings. The van der Waals surface area contributed by atoms with E-state index in [9.17, 15) is 9.18 Å². The molecule has 2 aromatic carbocycles. The van der Waals surface area contributed by atoms with Gasteiger partial charge in [-0.15, -0.1) is 5.10 Å². The van der Waals surface area contributed by atoms with Crippen molar-refractivity contribution in [2.45, 2.75) is 13.0 Å². The summed E-state index contributed by atoms with van der Waals surface area (Å²) in [6, 6.07) is 16.1. The zero-order chi connectivity index (χ0) is 22.9. The highest BCUT2D eigenvalue weighted by atomic mass is 35.5. The molecule has 1 amide bonds. The second kappa shape index (κ2) is 8.48. The molecule has 0 radical (unpaired) electrons. The van der Waals surface area contributed by atoms with Crippen LogP contribution in [0.1, 0.15) is 18.5 Å². The molecule has 164 valence electrons. The van der Waals surface area contributed by atoms with Gasteiger partial charge in [-0.3, -0.25) is 9.78 Å². The van der Waals surface area contributed by atoms with Crippen molar-refractivity contribution in [2.75, 3.05) is 10.6 Å². The van der Waals surface area contributed by atoms with Crippen LogP contribution in [0.5, 0.6) is 0 Å². The van der Waals surface area contributed by atoms with Gasteiger partial charge in [-0.05, 0) is 48.9 Å². The first kappa shape index (κ1) is 20.8. The first-order valence-corrected chi connectivity index (χ1v) is 10.5. The largest absolute Gasteiger partial charge is 0.328 e. The molecule has 7 nitrogen and oxygen atoms in total. The van der Waals surface area contributed by atoms with Crippen LogP contribution in [0.2, 0.25) is 5.02 Å². The predicted molar refractivity (Wildman–Crippen MR) is 124 cm³/mol. The van der Waals surface area contributed by atoms with E-state index in [1.54, 1.807) is 60.4 Å². The highest BCUT2D eigenvalue weighted by molar-refractivity contribution is 6.30. The highest BCUT2D eigenvalue weighted by Gasteiger charge is 2.34. The van der Waals surface area contributed by atoms with Gasteiger partial charge in [0.25, 0.3) is 5.91 Å². The Morgan fingerprint density at radius 3 is 2.70 bits per heavy atom. The maximum absolute atomic E-state index is 13.7. The van der Waals surface area contributed by atoms with Crippen LogP contribution in [-0.2, 0) is 4.79 Å². The van der Waals surface area contributed by atoms with Crippen LogP contribution in [0.15, 0.2) is 84.3 Å². The number of anilines is 2. The molecule has 0 spiro atoms. The Hall–Kier alpha value is -4.04. The van der Waals surface area contributed by atoms with E-state index in [0.29, 0.717) is 39.3 Å². The van der Waals surface area contributed by atoms with E-state index in [1.165, 1.54) is 12.1 Å². The number of benzene rings is 2. The summed E-state index contributed by atoms with van der Waals surface area (Å²) in [6.45, 7) is 1.80. The molecule has 1 atom stereocenters. The molecule has 0 bridgehead atoms. The Bertz CT molecular complexity index is 1370. The smallest absolute Gasteiger partial charge is 0.255 e. The Balaban J connectivity index is 1.61. The molecule has 3 heterocycles. The van der Waals surface area contributed by atoms with Crippen molar-refractivity contribution >= 4 is 29.1 Å². The number of rotatable bonds is 4. The quantitative estimate of drug-likeness (QED) is 0.444. The molecule has 2 N–H and O–H groups in total. The van der Waals surface area contributed by atoms with Gasteiger partial charge in [0.05, 0.1) is 17.5 Å². The molecule has 2 aromatic heterocycles. The first-order valence-electron chi connectivity index (χ1n) is 10.2. The van der Waals surface area contributed by atoms with Crippen LogP contribution in [0.3, 0.4) is 0 Å². The van der Waals surface area contributed by atoms with Crippen LogP contribution in [0.4, 0.5) is 16.0 Å². The Morgan fingerprint density at radius 1 is 1.15 bits per heavy atom. The van der Waals surface area contributed by atoms with Gasteiger partial charge in [0.2, 0.25) is 5.95 Å². The van der Waals surface area contributed by atoms with Gasteiger partial charge in [0.15, 0.2) is 5.82 Å². The number of amides is 1. The van der Waals surface area contributed by atoms with E-state index >= 15 is 0 Å². The second-order valence-electron chi connectivity index (χ2n) is 7.53. The van der Waals surface area contributed by atoms with Crippen molar-refractivity contribution in [1.82, 2.24) is 19.7 Å². The average Bonchev–Trinajstić information content (AvgIpc) is 3.23. The molecular weight excluding hydrogens is 443 g/mol. The maximum Gasteiger partial charge on any atom is 0.255 e. The van der Waals surface area contributed by atoms with E-state index in [2.05, 4.69) is 25.7 Å². The summed E-state index contributed by atoms with van der Waals surface area (Å²) in [7, 11) is 0. The summed E-state index contributed by atoms with van der Waals surface area (Å²) in [5, 5.41) is 11.3. The SMILES string of the molecule is CC1=C(C(=O)Nc2cccnc2)[C@H](c2ccc(F)cc2)n2nc(-c3cccc(Cl)c3)nc2N1. The number of nitrogens with zero attached hydrogens (tertiary/aromatic N) is 4. The Kier molecular flexibility index (Phi) is 5.35. The first-order chi connectivity index (χ1) is 16.0. The fraction of sp³-hybridized carbons (Fsp3) is 0.0833. The maximum atomic E-state index is 13.7. The summed E-state index contributed by atoms with van der Waals surface area (Å²) in [5.74, 6) is 0.226. The number of nitrogens with one attached hydrogen (secondary N) is 2. The molecule has 0 saturated heterocycles. The summed E-state index contributed by atoms with van der Waals surface area (Å²) in [6.07, 6.45) is 3.19. The third-order valence-corrected chi connectivity index (χ3v) is 5.52. The van der Waals surface area contributed by atoms with Gasteiger partial charge in [-0.25, -0.2) is 9.07 Å². The minimum atomic E-state index is -0.626. The van der Waals surface area contributed by atoms with Gasteiger partial charge in [0.1, 0.15) is 11.9 Å². The third kappa shape index (κ3) is 4.08. The number of aromatic nitrogens is 4. The second-order valence-corrected chi connectivity index (χ2v) is 7.96. The van der Waals surface area contributed by atoms with Gasteiger partial charge in [0, 0.05) is 22.5 Å². The minimum absolute atomic E-state index is 0.326. The fourth-order valence-corrected chi connectivity index (χ4v) is 3.97. The van der Waals surface area contributed by atoms with Gasteiger partial charge in [-0.2, -0.15) is 4.98 Å². The van der Waals surface area contributed by atoms with Gasteiger partial charge >= 0.3 is 0 Å². The number of carbonyl (C=O) groups is 1. The molecule has 9 heteroatoms. The van der Waals surface area contributed by atoms with E-state index in [-0.39, 0.29) is 11.7 Å². The van der Waals surface area contributed by atoms with Crippen LogP contribution in [0, 0.1) is 5.82 Å². The monoisotopic (exact) mass is 460 g/mol. The molecule has 4 aromatic rings. The number of halogens is 2. The van der Waals surface area contributed by atoms with Gasteiger partial charge < -0.3 is 10.6 Å². The molecule has 0 unspecified atom stereocenters. The third-order valence-electron chi connectivity index (χ3n) is 5.29. The molecule has 0 aliphatic carbocycles. The summed E-state index contributed by atoms with van der Waals surface area (Å²) >= 11 is 6.15. The lowest BCUT2D eigenvalue weighted by atomic mass is 9.95. The van der Waals surface area contributed by atoms with E-state index in [4.69, 9.17) is 11.6 Å². The van der Waals surface area contributed by atoms with Crippen molar-refractivity contribution in [3.05, 3.63) is 101 Å². The average molecular weight is 461 g/mol. The molecule has 1 aliphatic heterocycles. The standard InChI is InChI=1S/C24H18ClFN6O/c1-14-20(23(33)29-19-6-3-11-27-13-19)21(15-7-9-18(26)10-8-15)32-24(28-14)30-22(31-32)16-4-2-5-17(25)12-16/h2-13,21H,1H3,(H,29,33)(H,28,30,31)/t21-/m0/s1. The van der Waals surface area contributed by atoms with Crippen LogP contribution in [0.25, 0.3) is 11.4 Å². The Labute approximate surface area is 194 Å². The van der Waals surface area contributed by atoms with Crippen molar-refractivity contribution in [3.63, 3.8) is 0 Å². The van der Waals surface area contributed by atoms with Crippen molar-refractivity contribution in [2.24, 2.45) is 0 Å². The predicted octanol–water partition coefficient (Wildman–Crippen LogP) is 5.06. The van der Waals surface area contributed by atoms with Crippen LogP contribution in [-0.4, -0.2) is 25.7 Å². The number of hydrogen-bond acceptors (Lipinski definition) is 5. The summed E-state index contributed by atoms with van der Waals surface area (Å²) < 4.78 is 15.3. The minimum Gasteiger partial charge on any atom is -0.328 e. The Morgan fingerprint density at radius 2 is 1.97 bits per heavy atom. The normalized spacial score (nSPS) is 15.1. The molecule has 5 rings (SSSR count). The van der Waals surface area contributed by atoms with Crippen LogP contribution < -0.4 is 10.6 Å². The number of fused-ring (bicyclic) bond motifs is 1. The molecule has 0 saturated carbocycles. The van der Waals surface area contributed by atoms with Crippen molar-refractivity contribution in [1.29, 1.82) is 0 Å². The number of allylic oxidation sites excluding steroid dienone is 1. The van der Waals surface area contributed by atoms with Crippen molar-refractivity contribution < 1.29 is 9.18 Å². The van der Waals surface area contributed by atoms with E-state index in [1.807, 2.05) is 12.1 Å². The zero-order valence-electron chi connectivity index (χ0n) is 17.5. The summed E-state index contributed by atoms with van der Waals surface area (Å²) in [5.41, 5.74) is 3.04. The lowest BCUT2D eigenvalue weighted by Crippen LogP contribution is -2.31. The lowest BCUT2D eigenvalue weighted by Gasteiger charge is -2.28. The van der Waals surface area contributed by atoms with Crippen molar-refractivity contribution in [3.8, 4) is 11.4 Å². The fourth-order valence-electron chi connectivity index (χ4n) is 3.78. The summed E-state index contributed by atoms with van der Waals surface area (Å²) in [4.78, 5) is 22.0.